The van der Waals surface area contributed by atoms with Gasteiger partial charge in [-0.1, -0.05) is 19.9 Å². The summed E-state index contributed by atoms with van der Waals surface area (Å²) >= 11 is 0. The third-order valence-electron chi connectivity index (χ3n) is 4.52. The fourth-order valence-electron chi connectivity index (χ4n) is 3.14. The van der Waals surface area contributed by atoms with Gasteiger partial charge in [-0.3, -0.25) is 4.79 Å². The van der Waals surface area contributed by atoms with Gasteiger partial charge in [0.25, 0.3) is 5.91 Å². The van der Waals surface area contributed by atoms with Crippen molar-refractivity contribution in [3.63, 3.8) is 0 Å². The third kappa shape index (κ3) is 3.27. The van der Waals surface area contributed by atoms with Crippen LogP contribution < -0.4 is 4.74 Å². The van der Waals surface area contributed by atoms with E-state index in [1.165, 1.54) is 11.1 Å². The molecule has 0 bridgehead atoms. The highest BCUT2D eigenvalue weighted by molar-refractivity contribution is 5.77. The van der Waals surface area contributed by atoms with Gasteiger partial charge in [0, 0.05) is 13.1 Å². The Hall–Kier alpha value is -2.37. The molecule has 1 amide bonds. The van der Waals surface area contributed by atoms with Crippen molar-refractivity contribution >= 4 is 5.91 Å². The van der Waals surface area contributed by atoms with Crippen molar-refractivity contribution in [2.24, 2.45) is 0 Å². The molecule has 1 aliphatic rings. The predicted octanol–water partition coefficient (Wildman–Crippen LogP) is 2.44. The van der Waals surface area contributed by atoms with Gasteiger partial charge in [0.15, 0.2) is 12.4 Å². The molecule has 6 heteroatoms. The van der Waals surface area contributed by atoms with Crippen LogP contribution in [0.5, 0.6) is 5.75 Å². The maximum atomic E-state index is 12.4. The second kappa shape index (κ2) is 6.63. The number of ether oxygens (including phenoxy) is 1. The molecule has 24 heavy (non-hydrogen) atoms. The number of benzene rings is 1. The van der Waals surface area contributed by atoms with E-state index in [-0.39, 0.29) is 12.5 Å². The van der Waals surface area contributed by atoms with Crippen LogP contribution in [0, 0.1) is 13.8 Å². The highest BCUT2D eigenvalue weighted by Gasteiger charge is 2.23. The smallest absolute Gasteiger partial charge is 0.260 e. The highest BCUT2D eigenvalue weighted by Crippen LogP contribution is 2.23. The van der Waals surface area contributed by atoms with Gasteiger partial charge in [0.1, 0.15) is 11.6 Å². The van der Waals surface area contributed by atoms with Crippen molar-refractivity contribution in [2.75, 3.05) is 13.2 Å². The molecule has 2 heterocycles. The van der Waals surface area contributed by atoms with E-state index in [1.54, 1.807) is 4.90 Å². The van der Waals surface area contributed by atoms with Crippen LogP contribution in [-0.2, 0) is 17.9 Å². The predicted molar refractivity (Wildman–Crippen MR) is 90.9 cm³/mol. The summed E-state index contributed by atoms with van der Waals surface area (Å²) < 4.78 is 7.75. The molecule has 1 aromatic heterocycles. The lowest BCUT2D eigenvalue weighted by Crippen LogP contribution is -2.41. The molecular weight excluding hydrogens is 304 g/mol. The fourth-order valence-corrected chi connectivity index (χ4v) is 3.14. The minimum absolute atomic E-state index is 0.0208. The molecule has 1 aromatic carbocycles. The molecule has 0 radical (unpaired) electrons. The fraction of sp³-hybridized carbons (Fsp3) is 0.500. The molecule has 0 atom stereocenters. The Bertz CT molecular complexity index is 751. The van der Waals surface area contributed by atoms with Crippen molar-refractivity contribution in [1.29, 1.82) is 0 Å². The zero-order valence-corrected chi connectivity index (χ0v) is 14.7. The van der Waals surface area contributed by atoms with E-state index in [2.05, 4.69) is 41.6 Å². The monoisotopic (exact) mass is 328 g/mol. The molecule has 6 nitrogen and oxygen atoms in total. The molecule has 0 saturated heterocycles. The van der Waals surface area contributed by atoms with Crippen LogP contribution in [0.15, 0.2) is 18.2 Å². The van der Waals surface area contributed by atoms with E-state index in [9.17, 15) is 4.79 Å². The summed E-state index contributed by atoms with van der Waals surface area (Å²) in [6.45, 7) is 10.3. The Morgan fingerprint density at radius 2 is 2.04 bits per heavy atom. The maximum absolute atomic E-state index is 12.4. The minimum atomic E-state index is -0.0208. The van der Waals surface area contributed by atoms with Crippen LogP contribution in [0.2, 0.25) is 0 Å². The molecular formula is C18H24N4O2. The summed E-state index contributed by atoms with van der Waals surface area (Å²) in [7, 11) is 0. The second-order valence-corrected chi connectivity index (χ2v) is 6.59. The lowest BCUT2D eigenvalue weighted by atomic mass is 9.98. The second-order valence-electron chi connectivity index (χ2n) is 6.59. The SMILES string of the molecule is Cc1cc(OCC(=O)N2CCn3c(C)nnc3C2)ccc1C(C)C. The van der Waals surface area contributed by atoms with Crippen molar-refractivity contribution in [2.45, 2.75) is 46.7 Å². The van der Waals surface area contributed by atoms with E-state index >= 15 is 0 Å². The van der Waals surface area contributed by atoms with Gasteiger partial charge in [0.2, 0.25) is 0 Å². The summed E-state index contributed by atoms with van der Waals surface area (Å²) in [4.78, 5) is 14.2. The van der Waals surface area contributed by atoms with Crippen LogP contribution in [0.1, 0.15) is 42.5 Å². The number of hydrogen-bond donors (Lipinski definition) is 0. The molecule has 0 unspecified atom stereocenters. The molecule has 0 saturated carbocycles. The number of nitrogens with zero attached hydrogens (tertiary/aromatic N) is 4. The average Bonchev–Trinajstić information content (AvgIpc) is 2.93. The van der Waals surface area contributed by atoms with E-state index in [4.69, 9.17) is 4.74 Å². The summed E-state index contributed by atoms with van der Waals surface area (Å²) in [6.07, 6.45) is 0. The van der Waals surface area contributed by atoms with Gasteiger partial charge in [0.05, 0.1) is 6.54 Å². The summed E-state index contributed by atoms with van der Waals surface area (Å²) in [6, 6.07) is 6.01. The zero-order chi connectivity index (χ0) is 17.3. The van der Waals surface area contributed by atoms with Crippen LogP contribution in [0.25, 0.3) is 0 Å². The van der Waals surface area contributed by atoms with Crippen LogP contribution in [0.3, 0.4) is 0 Å². The minimum Gasteiger partial charge on any atom is -0.484 e. The van der Waals surface area contributed by atoms with Crippen LogP contribution >= 0.6 is 0 Å². The Kier molecular flexibility index (Phi) is 4.55. The Morgan fingerprint density at radius 3 is 2.75 bits per heavy atom. The first-order valence-corrected chi connectivity index (χ1v) is 8.35. The average molecular weight is 328 g/mol. The quantitative estimate of drug-likeness (QED) is 0.865. The Balaban J connectivity index is 1.59. The Labute approximate surface area is 142 Å². The van der Waals surface area contributed by atoms with Gasteiger partial charge < -0.3 is 14.2 Å². The maximum Gasteiger partial charge on any atom is 0.260 e. The van der Waals surface area contributed by atoms with Crippen LogP contribution in [0.4, 0.5) is 0 Å². The number of hydrogen-bond acceptors (Lipinski definition) is 4. The number of aryl methyl sites for hydroxylation is 2. The topological polar surface area (TPSA) is 60.2 Å². The largest absolute Gasteiger partial charge is 0.484 e. The number of rotatable bonds is 4. The number of fused-ring (bicyclic) bond motifs is 1. The summed E-state index contributed by atoms with van der Waals surface area (Å²) in [5, 5.41) is 8.18. The third-order valence-corrected chi connectivity index (χ3v) is 4.52. The molecule has 128 valence electrons. The summed E-state index contributed by atoms with van der Waals surface area (Å²) in [5.74, 6) is 2.93. The van der Waals surface area contributed by atoms with E-state index in [0.717, 1.165) is 23.9 Å². The van der Waals surface area contributed by atoms with E-state index in [1.807, 2.05) is 19.1 Å². The van der Waals surface area contributed by atoms with Crippen molar-refractivity contribution in [3.05, 3.63) is 41.0 Å². The number of amides is 1. The molecule has 2 aromatic rings. The lowest BCUT2D eigenvalue weighted by Gasteiger charge is -2.27. The Morgan fingerprint density at radius 1 is 1.25 bits per heavy atom. The van der Waals surface area contributed by atoms with Crippen molar-refractivity contribution in [3.8, 4) is 5.75 Å². The van der Waals surface area contributed by atoms with Gasteiger partial charge in [-0.25, -0.2) is 0 Å². The first-order valence-electron chi connectivity index (χ1n) is 8.35. The normalized spacial score (nSPS) is 14.0. The lowest BCUT2D eigenvalue weighted by molar-refractivity contribution is -0.134. The number of aromatic nitrogens is 3. The molecule has 0 aliphatic carbocycles. The highest BCUT2D eigenvalue weighted by atomic mass is 16.5. The molecule has 0 spiro atoms. The van der Waals surface area contributed by atoms with Gasteiger partial charge in [-0.15, -0.1) is 10.2 Å². The molecule has 1 aliphatic heterocycles. The van der Waals surface area contributed by atoms with Crippen molar-refractivity contribution in [1.82, 2.24) is 19.7 Å². The van der Waals surface area contributed by atoms with Gasteiger partial charge in [-0.2, -0.15) is 0 Å². The van der Waals surface area contributed by atoms with E-state index in [0.29, 0.717) is 19.0 Å². The van der Waals surface area contributed by atoms with Crippen LogP contribution in [-0.4, -0.2) is 38.7 Å². The van der Waals surface area contributed by atoms with Gasteiger partial charge >= 0.3 is 0 Å². The first-order chi connectivity index (χ1) is 11.5. The summed E-state index contributed by atoms with van der Waals surface area (Å²) in [5.41, 5.74) is 2.50. The van der Waals surface area contributed by atoms with E-state index < -0.39 is 0 Å². The number of carbonyl (C=O) groups excluding carboxylic acids is 1. The molecule has 0 fully saturated rings. The van der Waals surface area contributed by atoms with Gasteiger partial charge in [-0.05, 0) is 43.0 Å². The number of carbonyl (C=O) groups is 1. The standard InChI is InChI=1S/C18H24N4O2/c1-12(2)16-6-5-15(9-13(16)3)24-11-18(23)21-7-8-22-14(4)19-20-17(22)10-21/h5-6,9,12H,7-8,10-11H2,1-4H3. The van der Waals surface area contributed by atoms with Crippen molar-refractivity contribution < 1.29 is 9.53 Å². The molecule has 0 N–H and O–H groups in total. The zero-order valence-electron chi connectivity index (χ0n) is 14.7. The first kappa shape index (κ1) is 16.5. The molecule has 3 rings (SSSR count).